The van der Waals surface area contributed by atoms with E-state index in [0.29, 0.717) is 29.8 Å². The van der Waals surface area contributed by atoms with Gasteiger partial charge in [0, 0.05) is 35.9 Å². The molecule has 2 aromatic carbocycles. The molecule has 2 N–H and O–H groups in total. The number of halogens is 6. The van der Waals surface area contributed by atoms with Crippen molar-refractivity contribution in [2.45, 2.75) is 57.0 Å². The summed E-state index contributed by atoms with van der Waals surface area (Å²) in [6.07, 6.45) is -5.46. The number of carbonyl (C=O) groups excluding carboxylic acids is 1. The van der Waals surface area contributed by atoms with Crippen LogP contribution in [0.15, 0.2) is 97.0 Å². The van der Waals surface area contributed by atoms with Gasteiger partial charge in [0.15, 0.2) is 18.9 Å². The van der Waals surface area contributed by atoms with E-state index in [9.17, 15) is 31.1 Å². The van der Waals surface area contributed by atoms with Gasteiger partial charge in [0.1, 0.15) is 23.1 Å². The molecule has 4 heterocycles. The highest BCUT2D eigenvalue weighted by atomic mass is 19.4. The highest BCUT2D eigenvalue weighted by molar-refractivity contribution is 5.75. The second-order valence-electron chi connectivity index (χ2n) is 12.7. The van der Waals surface area contributed by atoms with Crippen molar-refractivity contribution in [3.05, 3.63) is 131 Å². The highest BCUT2D eigenvalue weighted by Crippen LogP contribution is 2.51. The van der Waals surface area contributed by atoms with Gasteiger partial charge in [-0.15, -0.1) is 0 Å². The number of hydrogen-bond acceptors (Lipinski definition) is 8. The molecule has 0 amide bonds. The number of alkyl halides is 6. The van der Waals surface area contributed by atoms with Crippen LogP contribution >= 0.6 is 0 Å². The Hall–Kier alpha value is -5.79. The SMILES string of the molecule is CCON1c2ccc(OC)nc2[C@@H](c2ncc(-c3ccc[n+](Cc4ccccc4)c3)c(N)n2)C(=C=O)[C@@]1(CC)Cc1cc(C(F)(F)F)cc(C(F)(F)F)c1. The number of hydrogen-bond donors (Lipinski definition) is 1. The summed E-state index contributed by atoms with van der Waals surface area (Å²) in [6, 6.07) is 17.9. The normalized spacial score (nSPS) is 17.2. The maximum absolute atomic E-state index is 14.0. The van der Waals surface area contributed by atoms with E-state index in [-0.39, 0.29) is 59.1 Å². The first-order chi connectivity index (χ1) is 25.7. The van der Waals surface area contributed by atoms with Crippen molar-refractivity contribution < 1.29 is 45.3 Å². The van der Waals surface area contributed by atoms with Gasteiger partial charge in [0.25, 0.3) is 0 Å². The molecule has 0 radical (unpaired) electrons. The van der Waals surface area contributed by atoms with E-state index in [4.69, 9.17) is 15.3 Å². The number of ether oxygens (including phenoxy) is 1. The Morgan fingerprint density at radius 1 is 0.926 bits per heavy atom. The lowest BCUT2D eigenvalue weighted by Crippen LogP contribution is -2.56. The Labute approximate surface area is 306 Å². The van der Waals surface area contributed by atoms with Crippen LogP contribution in [0.4, 0.5) is 37.8 Å². The van der Waals surface area contributed by atoms with Gasteiger partial charge in [0.2, 0.25) is 5.88 Å². The Bertz CT molecular complexity index is 2180. The Kier molecular flexibility index (Phi) is 10.5. The second-order valence-corrected chi connectivity index (χ2v) is 12.7. The molecule has 0 spiro atoms. The summed E-state index contributed by atoms with van der Waals surface area (Å²) in [4.78, 5) is 33.2. The molecule has 6 rings (SSSR count). The van der Waals surface area contributed by atoms with Crippen LogP contribution in [0.25, 0.3) is 11.1 Å². The van der Waals surface area contributed by atoms with Crippen LogP contribution in [-0.2, 0) is 35.0 Å². The smallest absolute Gasteiger partial charge is 0.416 e. The molecule has 0 saturated heterocycles. The third-order valence-electron chi connectivity index (χ3n) is 9.33. The van der Waals surface area contributed by atoms with Crippen molar-refractivity contribution >= 4 is 17.4 Å². The van der Waals surface area contributed by atoms with Gasteiger partial charge >= 0.3 is 12.4 Å². The molecule has 0 bridgehead atoms. The molecular weight excluding hydrogens is 714 g/mol. The number of pyridine rings is 2. The van der Waals surface area contributed by atoms with Crippen molar-refractivity contribution in [2.75, 3.05) is 24.5 Å². The van der Waals surface area contributed by atoms with Crippen molar-refractivity contribution in [3.8, 4) is 17.0 Å². The van der Waals surface area contributed by atoms with Crippen LogP contribution in [0.2, 0.25) is 0 Å². The van der Waals surface area contributed by atoms with Crippen LogP contribution in [0.3, 0.4) is 0 Å². The number of anilines is 2. The van der Waals surface area contributed by atoms with Gasteiger partial charge in [-0.3, -0.25) is 4.84 Å². The lowest BCUT2D eigenvalue weighted by atomic mass is 9.71. The maximum Gasteiger partial charge on any atom is 0.416 e. The molecule has 0 unspecified atom stereocenters. The lowest BCUT2D eigenvalue weighted by molar-refractivity contribution is -0.687. The van der Waals surface area contributed by atoms with E-state index < -0.39 is 41.4 Å². The van der Waals surface area contributed by atoms with Crippen LogP contribution < -0.4 is 20.1 Å². The van der Waals surface area contributed by atoms with E-state index >= 15 is 0 Å². The predicted octanol–water partition coefficient (Wildman–Crippen LogP) is 7.56. The zero-order valence-corrected chi connectivity index (χ0v) is 29.4. The van der Waals surface area contributed by atoms with Crippen LogP contribution in [0, 0.1) is 0 Å². The number of benzene rings is 2. The van der Waals surface area contributed by atoms with Crippen molar-refractivity contribution in [1.29, 1.82) is 0 Å². The third kappa shape index (κ3) is 7.37. The van der Waals surface area contributed by atoms with E-state index in [2.05, 4.69) is 15.0 Å². The van der Waals surface area contributed by atoms with E-state index in [1.54, 1.807) is 19.9 Å². The summed E-state index contributed by atoms with van der Waals surface area (Å²) in [5, 5.41) is 1.31. The summed E-state index contributed by atoms with van der Waals surface area (Å²) >= 11 is 0. The number of fused-ring (bicyclic) bond motifs is 1. The van der Waals surface area contributed by atoms with Crippen molar-refractivity contribution in [1.82, 2.24) is 15.0 Å². The number of nitrogens with zero attached hydrogens (tertiary/aromatic N) is 5. The summed E-state index contributed by atoms with van der Waals surface area (Å²) in [5.41, 5.74) is 4.12. The van der Waals surface area contributed by atoms with Crippen LogP contribution in [-0.4, -0.2) is 40.1 Å². The molecule has 280 valence electrons. The number of nitrogens with two attached hydrogens (primary N) is 1. The topological polar surface area (TPSA) is 107 Å². The zero-order chi connectivity index (χ0) is 38.8. The number of hydroxylamine groups is 1. The highest BCUT2D eigenvalue weighted by Gasteiger charge is 2.53. The van der Waals surface area contributed by atoms with E-state index in [1.165, 1.54) is 24.4 Å². The fraction of sp³-hybridized carbons (Fsp3) is 0.282. The molecule has 9 nitrogen and oxygen atoms in total. The minimum atomic E-state index is -5.09. The summed E-state index contributed by atoms with van der Waals surface area (Å²) < 4.78 is 91.2. The number of nitrogen functional groups attached to an aromatic ring is 1. The first kappa shape index (κ1) is 38.0. The molecule has 0 aliphatic carbocycles. The Morgan fingerprint density at radius 2 is 1.63 bits per heavy atom. The van der Waals surface area contributed by atoms with Gasteiger partial charge < -0.3 is 10.5 Å². The second kappa shape index (κ2) is 14.9. The maximum atomic E-state index is 14.0. The zero-order valence-electron chi connectivity index (χ0n) is 29.4. The van der Waals surface area contributed by atoms with Crippen LogP contribution in [0.5, 0.6) is 5.88 Å². The molecular formula is C39H35F6N6O3+. The molecule has 15 heteroatoms. The van der Waals surface area contributed by atoms with Gasteiger partial charge in [-0.25, -0.2) is 29.4 Å². The quantitative estimate of drug-likeness (QED) is 0.0887. The third-order valence-corrected chi connectivity index (χ3v) is 9.33. The minimum absolute atomic E-state index is 0.00121. The summed E-state index contributed by atoms with van der Waals surface area (Å²) in [6.45, 7) is 3.88. The molecule has 0 fully saturated rings. The first-order valence-corrected chi connectivity index (χ1v) is 16.9. The van der Waals surface area contributed by atoms with Gasteiger partial charge in [-0.1, -0.05) is 37.3 Å². The molecule has 1 aliphatic rings. The van der Waals surface area contributed by atoms with E-state index in [0.717, 1.165) is 5.56 Å². The number of methoxy groups -OCH3 is 1. The summed E-state index contributed by atoms with van der Waals surface area (Å²) in [7, 11) is 1.39. The average Bonchev–Trinajstić information content (AvgIpc) is 3.14. The Balaban J connectivity index is 1.51. The molecule has 2 atom stereocenters. The van der Waals surface area contributed by atoms with Crippen molar-refractivity contribution in [2.24, 2.45) is 0 Å². The molecule has 3 aromatic heterocycles. The molecule has 1 aliphatic heterocycles. The standard InChI is InChI=1S/C39H35F6N6O3/c1-4-37(19-25-16-27(38(40,41)42)18-28(17-25)39(43,44)45)30(23-52)33(34-31(51(37)54-5-2)13-14-32(48-34)53-3)36-47-20-29(35(46)49-36)26-12-9-15-50(22-26)21-24-10-7-6-8-11-24/h6-18,20,22,33H,4-5,19,21H2,1-3H3,(H2,46,47,49)/q+1/t33-,37+/m0/s1. The van der Waals surface area contributed by atoms with Gasteiger partial charge in [0.05, 0.1) is 53.3 Å². The number of rotatable bonds is 10. The molecule has 54 heavy (non-hydrogen) atoms. The minimum Gasteiger partial charge on any atom is -0.481 e. The fourth-order valence-corrected chi connectivity index (χ4v) is 6.85. The van der Waals surface area contributed by atoms with Crippen molar-refractivity contribution in [3.63, 3.8) is 0 Å². The van der Waals surface area contributed by atoms with E-state index in [1.807, 2.05) is 65.4 Å². The summed E-state index contributed by atoms with van der Waals surface area (Å²) in [5.74, 6) is 0.944. The largest absolute Gasteiger partial charge is 0.481 e. The molecule has 0 saturated carbocycles. The van der Waals surface area contributed by atoms with Gasteiger partial charge in [-0.05, 0) is 49.2 Å². The van der Waals surface area contributed by atoms with Gasteiger partial charge in [-0.2, -0.15) is 26.3 Å². The monoisotopic (exact) mass is 749 g/mol. The lowest BCUT2D eigenvalue weighted by Gasteiger charge is -2.49. The first-order valence-electron chi connectivity index (χ1n) is 16.9. The Morgan fingerprint density at radius 3 is 2.22 bits per heavy atom. The molecule has 5 aromatic rings. The average molecular weight is 750 g/mol. The predicted molar refractivity (Wildman–Crippen MR) is 187 cm³/mol. The van der Waals surface area contributed by atoms with Crippen LogP contribution in [0.1, 0.15) is 60.0 Å². The fourth-order valence-electron chi connectivity index (χ4n) is 6.85. The number of aromatic nitrogens is 4.